The number of hydrogen-bond donors (Lipinski definition) is 2. The van der Waals surface area contributed by atoms with Crippen LogP contribution < -0.4 is 4.74 Å². The Bertz CT molecular complexity index is 704. The third kappa shape index (κ3) is 1.79. The lowest BCUT2D eigenvalue weighted by atomic mass is 10.0. The van der Waals surface area contributed by atoms with Crippen LogP contribution in [0.3, 0.4) is 0 Å². The lowest BCUT2D eigenvalue weighted by Gasteiger charge is -2.11. The van der Waals surface area contributed by atoms with E-state index < -0.39 is 6.48 Å². The normalized spacial score (nSPS) is 11.3. The fourth-order valence-corrected chi connectivity index (χ4v) is 2.23. The van der Waals surface area contributed by atoms with E-state index in [0.29, 0.717) is 5.75 Å². The maximum atomic E-state index is 8.91. The highest BCUT2D eigenvalue weighted by Crippen LogP contribution is 2.31. The summed E-state index contributed by atoms with van der Waals surface area (Å²) in [5, 5.41) is 22.0. The van der Waals surface area contributed by atoms with Crippen LogP contribution in [0.5, 0.6) is 5.75 Å². The van der Waals surface area contributed by atoms with E-state index in [1.54, 1.807) is 6.07 Å². The van der Waals surface area contributed by atoms with Gasteiger partial charge >= 0.3 is 6.48 Å². The molecule has 0 radical (unpaired) electrons. The van der Waals surface area contributed by atoms with Crippen LogP contribution >= 0.6 is 0 Å². The third-order valence-corrected chi connectivity index (χ3v) is 2.98. The highest BCUT2D eigenvalue weighted by molar-refractivity contribution is 6.09. The summed E-state index contributed by atoms with van der Waals surface area (Å²) in [6.45, 7) is -1.80. The molecule has 90 valence electrons. The maximum Gasteiger partial charge on any atom is 0.310 e. The molecule has 0 amide bonds. The molecule has 3 aromatic rings. The number of aliphatic hydroxyl groups excluding tert-OH is 1. The van der Waals surface area contributed by atoms with Gasteiger partial charge in [0.15, 0.2) is 0 Å². The predicted octanol–water partition coefficient (Wildman–Crippen LogP) is 2.64. The van der Waals surface area contributed by atoms with Gasteiger partial charge in [0.1, 0.15) is 5.75 Å². The average molecular weight is 240 g/mol. The molecule has 3 heteroatoms. The van der Waals surface area contributed by atoms with Gasteiger partial charge in [0.2, 0.25) is 0 Å². The minimum atomic E-state index is -1.80. The molecule has 0 aliphatic carbocycles. The molecular weight excluding hydrogens is 228 g/mol. The van der Waals surface area contributed by atoms with Crippen molar-refractivity contribution in [3.05, 3.63) is 54.6 Å². The van der Waals surface area contributed by atoms with Crippen molar-refractivity contribution in [2.45, 2.75) is 6.48 Å². The molecule has 3 aromatic carbocycles. The van der Waals surface area contributed by atoms with Crippen molar-refractivity contribution in [3.8, 4) is 5.75 Å². The molecule has 3 nitrogen and oxygen atoms in total. The van der Waals surface area contributed by atoms with Crippen LogP contribution in [-0.4, -0.2) is 16.7 Å². The second-order valence-electron chi connectivity index (χ2n) is 4.08. The van der Waals surface area contributed by atoms with Gasteiger partial charge in [-0.2, -0.15) is 0 Å². The van der Waals surface area contributed by atoms with Crippen LogP contribution in [0.15, 0.2) is 54.6 Å². The van der Waals surface area contributed by atoms with Crippen LogP contribution in [0.4, 0.5) is 0 Å². The van der Waals surface area contributed by atoms with Crippen molar-refractivity contribution in [2.24, 2.45) is 0 Å². The summed E-state index contributed by atoms with van der Waals surface area (Å²) in [5.74, 6) is 0.466. The van der Waals surface area contributed by atoms with E-state index in [1.165, 1.54) is 0 Å². The molecular formula is C15H12O3. The first-order chi connectivity index (χ1) is 8.75. The van der Waals surface area contributed by atoms with Crippen molar-refractivity contribution in [2.75, 3.05) is 0 Å². The quantitative estimate of drug-likeness (QED) is 0.534. The van der Waals surface area contributed by atoms with Crippen LogP contribution in [0.2, 0.25) is 0 Å². The van der Waals surface area contributed by atoms with Crippen molar-refractivity contribution in [1.82, 2.24) is 0 Å². The zero-order chi connectivity index (χ0) is 12.5. The summed E-state index contributed by atoms with van der Waals surface area (Å²) < 4.78 is 4.99. The molecule has 0 atom stereocenters. The van der Waals surface area contributed by atoms with E-state index in [1.807, 2.05) is 48.5 Å². The van der Waals surface area contributed by atoms with Crippen molar-refractivity contribution < 1.29 is 14.9 Å². The van der Waals surface area contributed by atoms with Gasteiger partial charge in [0.25, 0.3) is 0 Å². The Hall–Kier alpha value is -2.10. The topological polar surface area (TPSA) is 49.7 Å². The number of fused-ring (bicyclic) bond motifs is 3. The van der Waals surface area contributed by atoms with Crippen LogP contribution in [-0.2, 0) is 0 Å². The third-order valence-electron chi connectivity index (χ3n) is 2.98. The van der Waals surface area contributed by atoms with E-state index in [0.717, 1.165) is 21.5 Å². The first kappa shape index (κ1) is 11.0. The lowest BCUT2D eigenvalue weighted by Crippen LogP contribution is -2.13. The standard InChI is InChI=1S/C15H12O3/c16-15(17)18-14-7-3-6-12-11-5-2-1-4-10(11)8-9-13(12)14/h1-9,15-17H. The van der Waals surface area contributed by atoms with Crippen LogP contribution in [0, 0.1) is 0 Å². The highest BCUT2D eigenvalue weighted by Gasteiger charge is 2.07. The predicted molar refractivity (Wildman–Crippen MR) is 70.3 cm³/mol. The Morgan fingerprint density at radius 1 is 0.722 bits per heavy atom. The summed E-state index contributed by atoms with van der Waals surface area (Å²) in [4.78, 5) is 0. The molecule has 18 heavy (non-hydrogen) atoms. The number of rotatable bonds is 2. The Morgan fingerprint density at radius 2 is 1.50 bits per heavy atom. The number of benzene rings is 3. The number of hydrogen-bond acceptors (Lipinski definition) is 3. The number of ether oxygens (including phenoxy) is 1. The second-order valence-corrected chi connectivity index (χ2v) is 4.08. The van der Waals surface area contributed by atoms with E-state index in [-0.39, 0.29) is 0 Å². The Labute approximate surface area is 104 Å². The fraction of sp³-hybridized carbons (Fsp3) is 0.0667. The van der Waals surface area contributed by atoms with Gasteiger partial charge in [-0.1, -0.05) is 48.5 Å². The summed E-state index contributed by atoms with van der Waals surface area (Å²) in [5.41, 5.74) is 0. The van der Waals surface area contributed by atoms with Crippen LogP contribution in [0.25, 0.3) is 21.5 Å². The summed E-state index contributed by atoms with van der Waals surface area (Å²) >= 11 is 0. The molecule has 3 rings (SSSR count). The largest absolute Gasteiger partial charge is 0.441 e. The first-order valence-electron chi connectivity index (χ1n) is 5.69. The van der Waals surface area contributed by atoms with Crippen molar-refractivity contribution in [1.29, 1.82) is 0 Å². The monoisotopic (exact) mass is 240 g/mol. The zero-order valence-electron chi connectivity index (χ0n) is 9.58. The van der Waals surface area contributed by atoms with Gasteiger partial charge in [-0.05, 0) is 22.2 Å². The maximum absolute atomic E-state index is 8.91. The van der Waals surface area contributed by atoms with Crippen molar-refractivity contribution in [3.63, 3.8) is 0 Å². The molecule has 0 aliphatic heterocycles. The van der Waals surface area contributed by atoms with E-state index in [9.17, 15) is 0 Å². The number of aliphatic hydroxyl groups is 2. The minimum Gasteiger partial charge on any atom is -0.441 e. The zero-order valence-corrected chi connectivity index (χ0v) is 9.58. The Balaban J connectivity index is 2.32. The van der Waals surface area contributed by atoms with E-state index in [2.05, 4.69) is 0 Å². The molecule has 0 aliphatic rings. The first-order valence-corrected chi connectivity index (χ1v) is 5.69. The Kier molecular flexibility index (Phi) is 2.63. The molecule has 2 N–H and O–H groups in total. The second kappa shape index (κ2) is 4.29. The van der Waals surface area contributed by atoms with E-state index in [4.69, 9.17) is 14.9 Å². The molecule has 0 aromatic heterocycles. The van der Waals surface area contributed by atoms with Gasteiger partial charge in [-0.25, -0.2) is 0 Å². The van der Waals surface area contributed by atoms with Crippen molar-refractivity contribution >= 4 is 21.5 Å². The van der Waals surface area contributed by atoms with Gasteiger partial charge in [-0.15, -0.1) is 0 Å². The fourth-order valence-electron chi connectivity index (χ4n) is 2.23. The molecule has 0 bridgehead atoms. The van der Waals surface area contributed by atoms with Gasteiger partial charge < -0.3 is 14.9 Å². The molecule has 0 saturated heterocycles. The highest BCUT2D eigenvalue weighted by atomic mass is 16.7. The van der Waals surface area contributed by atoms with Gasteiger partial charge in [0.05, 0.1) is 0 Å². The van der Waals surface area contributed by atoms with Gasteiger partial charge in [0, 0.05) is 5.39 Å². The molecule has 0 fully saturated rings. The Morgan fingerprint density at radius 3 is 2.33 bits per heavy atom. The SMILES string of the molecule is OC(O)Oc1cccc2c1ccc1ccccc12. The molecule has 0 unspecified atom stereocenters. The molecule has 0 heterocycles. The average Bonchev–Trinajstić information content (AvgIpc) is 2.38. The summed E-state index contributed by atoms with van der Waals surface area (Å²) in [6.07, 6.45) is 0. The minimum absolute atomic E-state index is 0.466. The molecule has 0 saturated carbocycles. The van der Waals surface area contributed by atoms with Gasteiger partial charge in [-0.3, -0.25) is 0 Å². The lowest BCUT2D eigenvalue weighted by molar-refractivity contribution is -0.178. The van der Waals surface area contributed by atoms with Crippen LogP contribution in [0.1, 0.15) is 0 Å². The smallest absolute Gasteiger partial charge is 0.310 e. The summed E-state index contributed by atoms with van der Waals surface area (Å²) in [7, 11) is 0. The summed E-state index contributed by atoms with van der Waals surface area (Å²) in [6, 6.07) is 17.5. The van der Waals surface area contributed by atoms with E-state index >= 15 is 0 Å². The molecule has 0 spiro atoms.